The second-order valence-corrected chi connectivity index (χ2v) is 6.67. The molecule has 3 aromatic rings. The molecule has 4 rings (SSSR count). The first-order valence-corrected chi connectivity index (χ1v) is 8.89. The highest BCUT2D eigenvalue weighted by Gasteiger charge is 2.34. The van der Waals surface area contributed by atoms with Gasteiger partial charge in [-0.25, -0.2) is 14.4 Å². The molecule has 7 heteroatoms. The first-order chi connectivity index (χ1) is 13.1. The van der Waals surface area contributed by atoms with Crippen molar-refractivity contribution < 1.29 is 13.6 Å². The minimum absolute atomic E-state index is 0.164. The van der Waals surface area contributed by atoms with Gasteiger partial charge in [-0.05, 0) is 37.5 Å². The minimum atomic E-state index is -0.267. The van der Waals surface area contributed by atoms with Crippen molar-refractivity contribution >= 4 is 5.91 Å². The maximum absolute atomic E-state index is 13.0. The van der Waals surface area contributed by atoms with Crippen LogP contribution in [0.5, 0.6) is 0 Å². The smallest absolute Gasteiger partial charge is 0.274 e. The van der Waals surface area contributed by atoms with E-state index in [1.807, 2.05) is 6.92 Å². The van der Waals surface area contributed by atoms with Crippen LogP contribution >= 0.6 is 0 Å². The van der Waals surface area contributed by atoms with E-state index in [2.05, 4.69) is 15.0 Å². The summed E-state index contributed by atoms with van der Waals surface area (Å²) >= 11 is 0. The highest BCUT2D eigenvalue weighted by Crippen LogP contribution is 2.32. The topological polar surface area (TPSA) is 72.1 Å². The summed E-state index contributed by atoms with van der Waals surface area (Å²) in [5.41, 5.74) is 2.03. The van der Waals surface area contributed by atoms with Gasteiger partial charge in [-0.1, -0.05) is 12.1 Å². The summed E-state index contributed by atoms with van der Waals surface area (Å²) < 4.78 is 18.9. The first-order valence-electron chi connectivity index (χ1n) is 8.89. The number of oxazole rings is 1. The van der Waals surface area contributed by atoms with Crippen LogP contribution in [0.15, 0.2) is 47.3 Å². The molecule has 1 amide bonds. The van der Waals surface area contributed by atoms with Gasteiger partial charge in [0.15, 0.2) is 0 Å². The van der Waals surface area contributed by atoms with Crippen LogP contribution in [0.25, 0.3) is 0 Å². The summed E-state index contributed by atoms with van der Waals surface area (Å²) in [5.74, 6) is 0.781. The number of hydrogen-bond donors (Lipinski definition) is 0. The number of benzene rings is 1. The van der Waals surface area contributed by atoms with Gasteiger partial charge in [0.05, 0.1) is 18.1 Å². The third-order valence-corrected chi connectivity index (χ3v) is 4.66. The maximum Gasteiger partial charge on any atom is 0.274 e. The molecule has 0 bridgehead atoms. The number of likely N-dealkylation sites (tertiary alicyclic amines) is 1. The fraction of sp³-hybridized carbons (Fsp3) is 0.300. The van der Waals surface area contributed by atoms with Gasteiger partial charge in [-0.2, -0.15) is 0 Å². The molecule has 27 heavy (non-hydrogen) atoms. The SMILES string of the molecule is Cc1cnc(C(=O)N2CCC[C@H]2c2ncc(Cc3ccc(F)cc3)o2)cn1. The Balaban J connectivity index is 1.50. The number of amides is 1. The summed E-state index contributed by atoms with van der Waals surface area (Å²) in [4.78, 5) is 27.2. The van der Waals surface area contributed by atoms with E-state index < -0.39 is 0 Å². The van der Waals surface area contributed by atoms with Gasteiger partial charge in [0.2, 0.25) is 5.89 Å². The third-order valence-electron chi connectivity index (χ3n) is 4.66. The molecule has 0 aliphatic carbocycles. The van der Waals surface area contributed by atoms with Crippen molar-refractivity contribution in [2.75, 3.05) is 6.54 Å². The van der Waals surface area contributed by atoms with Gasteiger partial charge in [-0.15, -0.1) is 0 Å². The van der Waals surface area contributed by atoms with Crippen LogP contribution in [0.2, 0.25) is 0 Å². The summed E-state index contributed by atoms with van der Waals surface area (Å²) in [6.07, 6.45) is 6.96. The van der Waals surface area contributed by atoms with Crippen LogP contribution in [0.1, 0.15) is 52.3 Å². The van der Waals surface area contributed by atoms with Crippen LogP contribution < -0.4 is 0 Å². The number of aryl methyl sites for hydroxylation is 1. The molecule has 1 aliphatic heterocycles. The molecule has 0 saturated carbocycles. The average Bonchev–Trinajstić information content (AvgIpc) is 3.33. The number of rotatable bonds is 4. The fourth-order valence-corrected chi connectivity index (χ4v) is 3.28. The Labute approximate surface area is 156 Å². The molecule has 0 radical (unpaired) electrons. The van der Waals surface area contributed by atoms with E-state index in [4.69, 9.17) is 4.42 Å². The largest absolute Gasteiger partial charge is 0.443 e. The highest BCUT2D eigenvalue weighted by molar-refractivity contribution is 5.92. The molecule has 1 atom stereocenters. The zero-order valence-corrected chi connectivity index (χ0v) is 14.9. The summed E-state index contributed by atoms with van der Waals surface area (Å²) in [6, 6.07) is 6.08. The normalized spacial score (nSPS) is 16.7. The first kappa shape index (κ1) is 17.3. The molecular formula is C20H19FN4O2. The lowest BCUT2D eigenvalue weighted by atomic mass is 10.1. The average molecular weight is 366 g/mol. The lowest BCUT2D eigenvalue weighted by Gasteiger charge is -2.21. The van der Waals surface area contributed by atoms with E-state index >= 15 is 0 Å². The lowest BCUT2D eigenvalue weighted by Crippen LogP contribution is -2.31. The Morgan fingerprint density at radius 1 is 1.19 bits per heavy atom. The highest BCUT2D eigenvalue weighted by atomic mass is 19.1. The molecule has 3 heterocycles. The Bertz CT molecular complexity index is 937. The van der Waals surface area contributed by atoms with Crippen LogP contribution in [0, 0.1) is 12.7 Å². The van der Waals surface area contributed by atoms with Crippen molar-refractivity contribution in [3.8, 4) is 0 Å². The van der Waals surface area contributed by atoms with Gasteiger partial charge in [0, 0.05) is 19.2 Å². The van der Waals surface area contributed by atoms with Crippen molar-refractivity contribution in [1.82, 2.24) is 19.9 Å². The van der Waals surface area contributed by atoms with Gasteiger partial charge in [-0.3, -0.25) is 9.78 Å². The molecule has 2 aromatic heterocycles. The van der Waals surface area contributed by atoms with Gasteiger partial charge >= 0.3 is 0 Å². The van der Waals surface area contributed by atoms with Crippen molar-refractivity contribution in [2.45, 2.75) is 32.2 Å². The second-order valence-electron chi connectivity index (χ2n) is 6.67. The molecule has 6 nitrogen and oxygen atoms in total. The van der Waals surface area contributed by atoms with Crippen molar-refractivity contribution in [3.63, 3.8) is 0 Å². The Hall–Kier alpha value is -3.09. The fourth-order valence-electron chi connectivity index (χ4n) is 3.28. The predicted molar refractivity (Wildman–Crippen MR) is 95.5 cm³/mol. The number of hydrogen-bond acceptors (Lipinski definition) is 5. The molecule has 1 fully saturated rings. The number of aromatic nitrogens is 3. The molecular weight excluding hydrogens is 347 g/mol. The number of carbonyl (C=O) groups excluding carboxylic acids is 1. The summed E-state index contributed by atoms with van der Waals surface area (Å²) in [6.45, 7) is 2.46. The third kappa shape index (κ3) is 3.72. The van der Waals surface area contributed by atoms with E-state index in [0.29, 0.717) is 30.3 Å². The van der Waals surface area contributed by atoms with E-state index in [9.17, 15) is 9.18 Å². The Morgan fingerprint density at radius 3 is 2.74 bits per heavy atom. The standard InChI is InChI=1S/C20H19FN4O2/c1-13-10-23-17(12-22-13)20(26)25-8-2-3-18(25)19-24-11-16(27-19)9-14-4-6-15(21)7-5-14/h4-7,10-12,18H,2-3,8-9H2,1H3/t18-/m0/s1. The van der Waals surface area contributed by atoms with Crippen LogP contribution in [-0.4, -0.2) is 32.3 Å². The molecule has 0 spiro atoms. The molecule has 1 aliphatic rings. The van der Waals surface area contributed by atoms with Crippen LogP contribution in [-0.2, 0) is 6.42 Å². The van der Waals surface area contributed by atoms with E-state index in [1.165, 1.54) is 18.3 Å². The summed E-state index contributed by atoms with van der Waals surface area (Å²) in [5, 5.41) is 0. The van der Waals surface area contributed by atoms with Gasteiger partial charge < -0.3 is 9.32 Å². The number of halogens is 1. The quantitative estimate of drug-likeness (QED) is 0.707. The van der Waals surface area contributed by atoms with Crippen LogP contribution in [0.3, 0.4) is 0 Å². The van der Waals surface area contributed by atoms with Gasteiger partial charge in [0.25, 0.3) is 5.91 Å². The van der Waals surface area contributed by atoms with Gasteiger partial charge in [0.1, 0.15) is 23.3 Å². The summed E-state index contributed by atoms with van der Waals surface area (Å²) in [7, 11) is 0. The molecule has 0 N–H and O–H groups in total. The molecule has 1 aromatic carbocycles. The molecule has 0 unspecified atom stereocenters. The number of nitrogens with zero attached hydrogens (tertiary/aromatic N) is 4. The zero-order valence-electron chi connectivity index (χ0n) is 14.9. The second kappa shape index (κ2) is 7.26. The Morgan fingerprint density at radius 2 is 2.00 bits per heavy atom. The van der Waals surface area contributed by atoms with Crippen molar-refractivity contribution in [1.29, 1.82) is 0 Å². The van der Waals surface area contributed by atoms with Crippen molar-refractivity contribution in [3.05, 3.63) is 77.3 Å². The van der Waals surface area contributed by atoms with Crippen molar-refractivity contribution in [2.24, 2.45) is 0 Å². The molecule has 138 valence electrons. The molecule has 1 saturated heterocycles. The lowest BCUT2D eigenvalue weighted by molar-refractivity contribution is 0.0708. The van der Waals surface area contributed by atoms with E-state index in [0.717, 1.165) is 24.1 Å². The monoisotopic (exact) mass is 366 g/mol. The van der Waals surface area contributed by atoms with Crippen LogP contribution in [0.4, 0.5) is 4.39 Å². The Kier molecular flexibility index (Phi) is 4.66. The zero-order chi connectivity index (χ0) is 18.8. The van der Waals surface area contributed by atoms with E-state index in [-0.39, 0.29) is 17.8 Å². The maximum atomic E-state index is 13.0. The minimum Gasteiger partial charge on any atom is -0.443 e. The predicted octanol–water partition coefficient (Wildman–Crippen LogP) is 3.48. The van der Waals surface area contributed by atoms with E-state index in [1.54, 1.807) is 29.4 Å². The number of carbonyl (C=O) groups is 1.